The highest BCUT2D eigenvalue weighted by atomic mass is 19.4. The van der Waals surface area contributed by atoms with E-state index < -0.39 is 11.7 Å². The van der Waals surface area contributed by atoms with Crippen molar-refractivity contribution in [3.8, 4) is 0 Å². The minimum atomic E-state index is -4.52. The maximum absolute atomic E-state index is 13.6. The van der Waals surface area contributed by atoms with Crippen LogP contribution in [0.5, 0.6) is 0 Å². The van der Waals surface area contributed by atoms with E-state index in [2.05, 4.69) is 24.8 Å². The van der Waals surface area contributed by atoms with E-state index in [0.29, 0.717) is 37.0 Å². The molecule has 1 aliphatic heterocycles. The summed E-state index contributed by atoms with van der Waals surface area (Å²) < 4.78 is 42.2. The van der Waals surface area contributed by atoms with Gasteiger partial charge in [0.2, 0.25) is 0 Å². The molecule has 0 aliphatic carbocycles. The zero-order valence-corrected chi connectivity index (χ0v) is 19.0. The number of anilines is 1. The Morgan fingerprint density at radius 3 is 2.40 bits per heavy atom. The minimum Gasteiger partial charge on any atom is -0.355 e. The van der Waals surface area contributed by atoms with Crippen molar-refractivity contribution in [1.82, 2.24) is 24.5 Å². The lowest BCUT2D eigenvalue weighted by Gasteiger charge is -2.33. The molecule has 35 heavy (non-hydrogen) atoms. The number of aryl methyl sites for hydroxylation is 1. The monoisotopic (exact) mass is 480 g/mol. The third kappa shape index (κ3) is 4.48. The predicted molar refractivity (Wildman–Crippen MR) is 125 cm³/mol. The second-order valence-corrected chi connectivity index (χ2v) is 8.64. The third-order valence-corrected chi connectivity index (χ3v) is 6.49. The molecule has 0 saturated carbocycles. The normalized spacial score (nSPS) is 15.0. The van der Waals surface area contributed by atoms with Crippen molar-refractivity contribution in [3.63, 3.8) is 0 Å². The Hall–Kier alpha value is -3.82. The van der Waals surface area contributed by atoms with Crippen LogP contribution in [0.1, 0.15) is 41.1 Å². The summed E-state index contributed by atoms with van der Waals surface area (Å²) in [5, 5.41) is 0. The lowest BCUT2D eigenvalue weighted by molar-refractivity contribution is -0.138. The van der Waals surface area contributed by atoms with E-state index in [0.717, 1.165) is 17.6 Å². The molecule has 1 aromatic carbocycles. The first kappa shape index (κ1) is 22.9. The first-order valence-corrected chi connectivity index (χ1v) is 11.3. The summed E-state index contributed by atoms with van der Waals surface area (Å²) in [6.07, 6.45) is 3.16. The molecule has 5 rings (SSSR count). The molecule has 0 amide bonds. The van der Waals surface area contributed by atoms with Crippen LogP contribution in [0.15, 0.2) is 59.9 Å². The average Bonchev–Trinajstić information content (AvgIpc) is 2.86. The first-order valence-electron chi connectivity index (χ1n) is 11.3. The van der Waals surface area contributed by atoms with Crippen LogP contribution in [-0.2, 0) is 12.7 Å². The van der Waals surface area contributed by atoms with Gasteiger partial charge in [-0.25, -0.2) is 9.97 Å². The summed E-state index contributed by atoms with van der Waals surface area (Å²) in [6.45, 7) is 3.06. The van der Waals surface area contributed by atoms with E-state index in [1.165, 1.54) is 35.2 Å². The predicted octanol–water partition coefficient (Wildman–Crippen LogP) is 4.34. The van der Waals surface area contributed by atoms with Gasteiger partial charge in [0, 0.05) is 43.4 Å². The molecule has 0 N–H and O–H groups in total. The Labute approximate surface area is 199 Å². The Kier molecular flexibility index (Phi) is 5.96. The van der Waals surface area contributed by atoms with Gasteiger partial charge in [-0.2, -0.15) is 13.2 Å². The molecule has 0 spiro atoms. The smallest absolute Gasteiger partial charge is 0.355 e. The second-order valence-electron chi connectivity index (χ2n) is 8.64. The fourth-order valence-electron chi connectivity index (χ4n) is 4.77. The van der Waals surface area contributed by atoms with Crippen LogP contribution in [0.2, 0.25) is 0 Å². The summed E-state index contributed by atoms with van der Waals surface area (Å²) in [4.78, 5) is 33.1. The SMILES string of the molecule is Cc1nccnc1N1CCC(c2cc3nccnc3n(Cc3ccccc3C(F)(F)F)c2=O)CC1. The van der Waals surface area contributed by atoms with Crippen LogP contribution in [0.25, 0.3) is 11.2 Å². The number of benzene rings is 1. The Balaban J connectivity index is 1.51. The molecule has 1 aliphatic rings. The van der Waals surface area contributed by atoms with Crippen LogP contribution < -0.4 is 10.5 Å². The Morgan fingerprint density at radius 1 is 0.971 bits per heavy atom. The van der Waals surface area contributed by atoms with Crippen LogP contribution in [0.4, 0.5) is 19.0 Å². The van der Waals surface area contributed by atoms with Crippen molar-refractivity contribution < 1.29 is 13.2 Å². The van der Waals surface area contributed by atoms with Gasteiger partial charge in [-0.3, -0.25) is 19.3 Å². The fraction of sp³-hybridized carbons (Fsp3) is 0.320. The lowest BCUT2D eigenvalue weighted by atomic mass is 9.90. The summed E-state index contributed by atoms with van der Waals surface area (Å²) in [5.41, 5.74) is 1.07. The number of hydrogen-bond donors (Lipinski definition) is 0. The van der Waals surface area contributed by atoms with Crippen LogP contribution in [-0.4, -0.2) is 37.6 Å². The molecular weight excluding hydrogens is 457 g/mol. The number of nitrogens with zero attached hydrogens (tertiary/aromatic N) is 6. The highest BCUT2D eigenvalue weighted by Gasteiger charge is 2.33. The largest absolute Gasteiger partial charge is 0.416 e. The standard InChI is InChI=1S/C25H23F3N6O/c1-16-22(31-10-8-29-16)33-12-6-17(7-13-33)19-14-21-23(32-11-9-30-21)34(24(19)35)15-18-4-2-3-5-20(18)25(26,27)28/h2-5,8-11,14,17H,6-7,12-13,15H2,1H3. The van der Waals surface area contributed by atoms with E-state index in [1.54, 1.807) is 18.5 Å². The lowest BCUT2D eigenvalue weighted by Crippen LogP contribution is -2.36. The van der Waals surface area contributed by atoms with Gasteiger partial charge >= 0.3 is 6.18 Å². The number of fused-ring (bicyclic) bond motifs is 1. The van der Waals surface area contributed by atoms with Crippen molar-refractivity contribution in [1.29, 1.82) is 0 Å². The van der Waals surface area contributed by atoms with Gasteiger partial charge in [-0.1, -0.05) is 18.2 Å². The molecule has 4 heterocycles. The maximum Gasteiger partial charge on any atom is 0.416 e. The van der Waals surface area contributed by atoms with Gasteiger partial charge in [-0.05, 0) is 43.4 Å². The zero-order chi connectivity index (χ0) is 24.6. The molecule has 1 fully saturated rings. The van der Waals surface area contributed by atoms with E-state index in [4.69, 9.17) is 0 Å². The maximum atomic E-state index is 13.6. The van der Waals surface area contributed by atoms with Gasteiger partial charge in [0.1, 0.15) is 11.3 Å². The van der Waals surface area contributed by atoms with Crippen molar-refractivity contribution in [2.24, 2.45) is 0 Å². The van der Waals surface area contributed by atoms with Gasteiger partial charge in [0.05, 0.1) is 17.8 Å². The quantitative estimate of drug-likeness (QED) is 0.433. The van der Waals surface area contributed by atoms with Gasteiger partial charge < -0.3 is 4.90 Å². The molecule has 7 nitrogen and oxygen atoms in total. The second kappa shape index (κ2) is 9.09. The summed E-state index contributed by atoms with van der Waals surface area (Å²) in [5.74, 6) is 0.780. The molecule has 10 heteroatoms. The number of hydrogen-bond acceptors (Lipinski definition) is 6. The number of halogens is 3. The Bertz CT molecular complexity index is 1430. The van der Waals surface area contributed by atoms with Crippen molar-refractivity contribution in [3.05, 3.63) is 87.9 Å². The first-order chi connectivity index (χ1) is 16.8. The molecule has 3 aromatic heterocycles. The average molecular weight is 480 g/mol. The van der Waals surface area contributed by atoms with Crippen LogP contribution in [0, 0.1) is 6.92 Å². The zero-order valence-electron chi connectivity index (χ0n) is 19.0. The molecule has 1 saturated heterocycles. The van der Waals surface area contributed by atoms with Gasteiger partial charge in [0.15, 0.2) is 5.65 Å². The fourth-order valence-corrected chi connectivity index (χ4v) is 4.77. The molecular formula is C25H23F3N6O. The number of aromatic nitrogens is 5. The number of rotatable bonds is 4. The molecule has 0 bridgehead atoms. The van der Waals surface area contributed by atoms with Crippen molar-refractivity contribution >= 4 is 17.0 Å². The number of pyridine rings is 1. The van der Waals surface area contributed by atoms with Gasteiger partial charge in [0.25, 0.3) is 5.56 Å². The summed E-state index contributed by atoms with van der Waals surface area (Å²) >= 11 is 0. The van der Waals surface area contributed by atoms with E-state index in [-0.39, 0.29) is 29.2 Å². The van der Waals surface area contributed by atoms with E-state index >= 15 is 0 Å². The topological polar surface area (TPSA) is 76.8 Å². The van der Waals surface area contributed by atoms with E-state index in [1.807, 2.05) is 6.92 Å². The van der Waals surface area contributed by atoms with Gasteiger partial charge in [-0.15, -0.1) is 0 Å². The molecule has 0 atom stereocenters. The van der Waals surface area contributed by atoms with E-state index in [9.17, 15) is 18.0 Å². The van der Waals surface area contributed by atoms with Crippen LogP contribution in [0.3, 0.4) is 0 Å². The van der Waals surface area contributed by atoms with Crippen molar-refractivity contribution in [2.45, 2.75) is 38.4 Å². The molecule has 180 valence electrons. The third-order valence-electron chi connectivity index (χ3n) is 6.49. The molecule has 0 radical (unpaired) electrons. The summed E-state index contributed by atoms with van der Waals surface area (Å²) in [6, 6.07) is 7.05. The molecule has 4 aromatic rings. The van der Waals surface area contributed by atoms with Crippen molar-refractivity contribution in [2.75, 3.05) is 18.0 Å². The van der Waals surface area contributed by atoms with Crippen LogP contribution >= 0.6 is 0 Å². The Morgan fingerprint density at radius 2 is 1.66 bits per heavy atom. The number of alkyl halides is 3. The highest BCUT2D eigenvalue weighted by Crippen LogP contribution is 2.33. The highest BCUT2D eigenvalue weighted by molar-refractivity contribution is 5.71. The number of piperidine rings is 1. The molecule has 0 unspecified atom stereocenters. The summed E-state index contributed by atoms with van der Waals surface area (Å²) in [7, 11) is 0. The minimum absolute atomic E-state index is 0.0131.